The lowest BCUT2D eigenvalue weighted by atomic mass is 10.2. The number of nitrogens with two attached hydrogens (primary N) is 1. The summed E-state index contributed by atoms with van der Waals surface area (Å²) in [7, 11) is 0. The number of allylic oxidation sites excluding steroid dienone is 4. The van der Waals surface area contributed by atoms with Gasteiger partial charge in [0.15, 0.2) is 5.69 Å². The molecule has 1 heterocycles. The maximum atomic E-state index is 11.0. The molecule has 0 saturated carbocycles. The number of aromatic nitrogens is 2. The van der Waals surface area contributed by atoms with Gasteiger partial charge in [-0.15, -0.1) is 5.10 Å². The van der Waals surface area contributed by atoms with Crippen molar-refractivity contribution in [1.29, 1.82) is 0 Å². The van der Waals surface area contributed by atoms with Gasteiger partial charge in [0.05, 0.1) is 4.88 Å². The third kappa shape index (κ3) is 2.99. The molecule has 0 bridgehead atoms. The van der Waals surface area contributed by atoms with Crippen molar-refractivity contribution < 1.29 is 4.79 Å². The Morgan fingerprint density at radius 2 is 2.33 bits per heavy atom. The van der Waals surface area contributed by atoms with E-state index in [1.54, 1.807) is 0 Å². The van der Waals surface area contributed by atoms with Crippen LogP contribution in [0.2, 0.25) is 0 Å². The molecule has 0 aliphatic rings. The highest BCUT2D eigenvalue weighted by atomic mass is 32.1. The Labute approximate surface area is 92.7 Å². The van der Waals surface area contributed by atoms with Crippen LogP contribution >= 0.6 is 11.5 Å². The summed E-state index contributed by atoms with van der Waals surface area (Å²) < 4.78 is 3.72. The zero-order valence-electron chi connectivity index (χ0n) is 8.73. The van der Waals surface area contributed by atoms with Crippen LogP contribution in [0.15, 0.2) is 18.2 Å². The summed E-state index contributed by atoms with van der Waals surface area (Å²) in [5.41, 5.74) is 6.37. The van der Waals surface area contributed by atoms with E-state index in [2.05, 4.69) is 16.5 Å². The molecule has 0 saturated heterocycles. The van der Waals surface area contributed by atoms with Crippen LogP contribution < -0.4 is 5.73 Å². The van der Waals surface area contributed by atoms with E-state index in [0.29, 0.717) is 0 Å². The van der Waals surface area contributed by atoms with Gasteiger partial charge in [0.2, 0.25) is 0 Å². The summed E-state index contributed by atoms with van der Waals surface area (Å²) in [6.45, 7) is 3.96. The average molecular weight is 223 g/mol. The van der Waals surface area contributed by atoms with Crippen molar-refractivity contribution in [2.75, 3.05) is 0 Å². The SMILES string of the molecule is CC/C=C\C=C(/C)c1snnc1C(N)=O. The highest BCUT2D eigenvalue weighted by Crippen LogP contribution is 2.20. The second-order valence-electron chi connectivity index (χ2n) is 3.00. The van der Waals surface area contributed by atoms with Crippen molar-refractivity contribution in [3.05, 3.63) is 28.8 Å². The minimum atomic E-state index is -0.536. The zero-order valence-corrected chi connectivity index (χ0v) is 9.54. The monoisotopic (exact) mass is 223 g/mol. The minimum absolute atomic E-state index is 0.249. The van der Waals surface area contributed by atoms with Gasteiger partial charge in [0.25, 0.3) is 5.91 Å². The van der Waals surface area contributed by atoms with Gasteiger partial charge in [-0.2, -0.15) is 0 Å². The number of primary amides is 1. The molecule has 5 heteroatoms. The fraction of sp³-hybridized carbons (Fsp3) is 0.300. The summed E-state index contributed by atoms with van der Waals surface area (Å²) in [4.78, 5) is 11.7. The van der Waals surface area contributed by atoms with Crippen LogP contribution in [-0.4, -0.2) is 15.5 Å². The molecule has 4 nitrogen and oxygen atoms in total. The van der Waals surface area contributed by atoms with Crippen molar-refractivity contribution in [3.8, 4) is 0 Å². The molecule has 0 atom stereocenters. The number of hydrogen-bond acceptors (Lipinski definition) is 4. The lowest BCUT2D eigenvalue weighted by Crippen LogP contribution is -2.13. The molecular weight excluding hydrogens is 210 g/mol. The molecule has 0 aliphatic carbocycles. The van der Waals surface area contributed by atoms with Gasteiger partial charge in [-0.05, 0) is 30.5 Å². The Bertz CT molecular complexity index is 407. The van der Waals surface area contributed by atoms with Crippen LogP contribution in [0.3, 0.4) is 0 Å². The van der Waals surface area contributed by atoms with Crippen molar-refractivity contribution in [2.45, 2.75) is 20.3 Å². The molecule has 15 heavy (non-hydrogen) atoms. The van der Waals surface area contributed by atoms with E-state index in [-0.39, 0.29) is 5.69 Å². The standard InChI is InChI=1S/C10H13N3OS/c1-3-4-5-6-7(2)9-8(10(11)14)12-13-15-9/h4-6H,3H2,1-2H3,(H2,11,14)/b5-4-,7-6+. The van der Waals surface area contributed by atoms with Crippen LogP contribution in [-0.2, 0) is 0 Å². The number of rotatable bonds is 4. The third-order valence-corrected chi connectivity index (χ3v) is 2.66. The fourth-order valence-electron chi connectivity index (χ4n) is 1.03. The Kier molecular flexibility index (Phi) is 4.17. The summed E-state index contributed by atoms with van der Waals surface area (Å²) in [5.74, 6) is -0.536. The lowest BCUT2D eigenvalue weighted by Gasteiger charge is -1.95. The molecule has 80 valence electrons. The van der Waals surface area contributed by atoms with Crippen molar-refractivity contribution in [1.82, 2.24) is 9.59 Å². The predicted molar refractivity (Wildman–Crippen MR) is 61.5 cm³/mol. The van der Waals surface area contributed by atoms with Crippen molar-refractivity contribution in [2.24, 2.45) is 5.73 Å². The first-order chi connectivity index (χ1) is 7.16. The van der Waals surface area contributed by atoms with Gasteiger partial charge in [0, 0.05) is 0 Å². The highest BCUT2D eigenvalue weighted by molar-refractivity contribution is 7.07. The lowest BCUT2D eigenvalue weighted by molar-refractivity contribution is 0.0995. The highest BCUT2D eigenvalue weighted by Gasteiger charge is 2.13. The second kappa shape index (κ2) is 5.41. The molecule has 1 amide bonds. The molecule has 0 aliphatic heterocycles. The van der Waals surface area contributed by atoms with Gasteiger partial charge in [0.1, 0.15) is 0 Å². The van der Waals surface area contributed by atoms with E-state index >= 15 is 0 Å². The van der Waals surface area contributed by atoms with Gasteiger partial charge < -0.3 is 5.73 Å². The first-order valence-corrected chi connectivity index (χ1v) is 5.40. The maximum Gasteiger partial charge on any atom is 0.270 e. The van der Waals surface area contributed by atoms with Gasteiger partial charge in [-0.25, -0.2) is 0 Å². The topological polar surface area (TPSA) is 68.9 Å². The predicted octanol–water partition coefficient (Wildman–Crippen LogP) is 2.01. The molecule has 0 spiro atoms. The first-order valence-electron chi connectivity index (χ1n) is 4.62. The van der Waals surface area contributed by atoms with E-state index in [9.17, 15) is 4.79 Å². The molecule has 1 aromatic heterocycles. The number of carbonyl (C=O) groups is 1. The van der Waals surface area contributed by atoms with Gasteiger partial charge >= 0.3 is 0 Å². The van der Waals surface area contributed by atoms with Gasteiger partial charge in [-0.1, -0.05) is 29.6 Å². The Hall–Kier alpha value is -1.49. The second-order valence-corrected chi connectivity index (χ2v) is 3.76. The zero-order chi connectivity index (χ0) is 11.3. The molecule has 0 unspecified atom stereocenters. The van der Waals surface area contributed by atoms with Crippen LogP contribution in [0.25, 0.3) is 5.57 Å². The Morgan fingerprint density at radius 3 is 2.93 bits per heavy atom. The molecule has 0 fully saturated rings. The normalized spacial score (nSPS) is 12.3. The van der Waals surface area contributed by atoms with Crippen molar-refractivity contribution >= 4 is 23.0 Å². The van der Waals surface area contributed by atoms with E-state index in [4.69, 9.17) is 5.73 Å². The van der Waals surface area contributed by atoms with Crippen LogP contribution in [0.4, 0.5) is 0 Å². The smallest absolute Gasteiger partial charge is 0.270 e. The van der Waals surface area contributed by atoms with Crippen molar-refractivity contribution in [3.63, 3.8) is 0 Å². The molecule has 0 radical (unpaired) electrons. The average Bonchev–Trinajstić information content (AvgIpc) is 2.66. The summed E-state index contributed by atoms with van der Waals surface area (Å²) >= 11 is 1.18. The van der Waals surface area contributed by atoms with Crippen LogP contribution in [0.1, 0.15) is 35.6 Å². The summed E-state index contributed by atoms with van der Waals surface area (Å²) in [6.07, 6.45) is 6.88. The van der Waals surface area contributed by atoms with E-state index in [1.165, 1.54) is 11.5 Å². The molecule has 1 rings (SSSR count). The summed E-state index contributed by atoms with van der Waals surface area (Å²) in [6, 6.07) is 0. The Morgan fingerprint density at radius 1 is 1.60 bits per heavy atom. The number of carbonyl (C=O) groups excluding carboxylic acids is 1. The summed E-state index contributed by atoms with van der Waals surface area (Å²) in [5, 5.41) is 3.69. The number of hydrogen-bond donors (Lipinski definition) is 1. The maximum absolute atomic E-state index is 11.0. The van der Waals surface area contributed by atoms with Crippen LogP contribution in [0.5, 0.6) is 0 Å². The number of amides is 1. The fourth-order valence-corrected chi connectivity index (χ4v) is 1.68. The first kappa shape index (κ1) is 11.6. The third-order valence-electron chi connectivity index (χ3n) is 1.80. The Balaban J connectivity index is 2.95. The molecule has 2 N–H and O–H groups in total. The van der Waals surface area contributed by atoms with Gasteiger partial charge in [-0.3, -0.25) is 4.79 Å². The van der Waals surface area contributed by atoms with E-state index in [1.807, 2.05) is 25.2 Å². The molecule has 0 aromatic carbocycles. The van der Waals surface area contributed by atoms with Crippen LogP contribution in [0, 0.1) is 0 Å². The largest absolute Gasteiger partial charge is 0.364 e. The van der Waals surface area contributed by atoms with E-state index in [0.717, 1.165) is 16.9 Å². The van der Waals surface area contributed by atoms with E-state index < -0.39 is 5.91 Å². The minimum Gasteiger partial charge on any atom is -0.364 e. The number of nitrogens with zero attached hydrogens (tertiary/aromatic N) is 2. The molecular formula is C10H13N3OS. The molecule has 1 aromatic rings. The quantitative estimate of drug-likeness (QED) is 0.794.